The van der Waals surface area contributed by atoms with Crippen molar-refractivity contribution >= 4 is 34.4 Å². The van der Waals surface area contributed by atoms with Crippen molar-refractivity contribution in [3.05, 3.63) is 10.0 Å². The van der Waals surface area contributed by atoms with Crippen LogP contribution in [0.2, 0.25) is 5.15 Å². The number of aromatic nitrogens is 1. The number of hydrogen-bond acceptors (Lipinski definition) is 5. The van der Waals surface area contributed by atoms with Gasteiger partial charge in [-0.25, -0.2) is 4.98 Å². The number of ether oxygens (including phenoxy) is 1. The Morgan fingerprint density at radius 3 is 3.13 bits per heavy atom. The van der Waals surface area contributed by atoms with E-state index in [0.29, 0.717) is 16.6 Å². The van der Waals surface area contributed by atoms with Crippen molar-refractivity contribution in [1.82, 2.24) is 4.98 Å². The van der Waals surface area contributed by atoms with E-state index in [1.165, 1.54) is 11.3 Å². The summed E-state index contributed by atoms with van der Waals surface area (Å²) < 4.78 is 5.43. The van der Waals surface area contributed by atoms with Gasteiger partial charge in [0.05, 0.1) is 12.7 Å². The normalized spacial score (nSPS) is 21.7. The molecule has 2 rings (SSSR count). The Morgan fingerprint density at radius 2 is 2.53 bits per heavy atom. The lowest BCUT2D eigenvalue weighted by Crippen LogP contribution is -2.41. The predicted molar refractivity (Wildman–Crippen MR) is 60.1 cm³/mol. The molecule has 82 valence electrons. The molecule has 15 heavy (non-hydrogen) atoms. The highest BCUT2D eigenvalue weighted by Crippen LogP contribution is 2.29. The van der Waals surface area contributed by atoms with Gasteiger partial charge >= 0.3 is 0 Å². The van der Waals surface area contributed by atoms with Gasteiger partial charge in [0.2, 0.25) is 0 Å². The Morgan fingerprint density at radius 1 is 1.73 bits per heavy atom. The molecule has 1 aromatic rings. The summed E-state index contributed by atoms with van der Waals surface area (Å²) in [5.74, 6) is 0. The number of thiazole rings is 1. The Bertz CT molecular complexity index is 369. The van der Waals surface area contributed by atoms with E-state index >= 15 is 0 Å². The summed E-state index contributed by atoms with van der Waals surface area (Å²) in [7, 11) is 0. The van der Waals surface area contributed by atoms with Gasteiger partial charge in [0.15, 0.2) is 16.6 Å². The van der Waals surface area contributed by atoms with Crippen LogP contribution in [-0.4, -0.2) is 37.1 Å². The maximum atomic E-state index is 10.6. The van der Waals surface area contributed by atoms with Gasteiger partial charge in [-0.2, -0.15) is 0 Å². The van der Waals surface area contributed by atoms with Crippen LogP contribution in [0.25, 0.3) is 0 Å². The zero-order chi connectivity index (χ0) is 10.8. The van der Waals surface area contributed by atoms with Gasteiger partial charge in [-0.05, 0) is 6.92 Å². The lowest BCUT2D eigenvalue weighted by atomic mass is 10.3. The topological polar surface area (TPSA) is 42.4 Å². The highest BCUT2D eigenvalue weighted by Gasteiger charge is 2.20. The number of halogens is 1. The Hall–Kier alpha value is -0.650. The first-order valence-corrected chi connectivity index (χ1v) is 5.88. The zero-order valence-corrected chi connectivity index (χ0v) is 9.85. The smallest absolute Gasteiger partial charge is 0.187 e. The molecule has 0 unspecified atom stereocenters. The maximum absolute atomic E-state index is 10.6. The van der Waals surface area contributed by atoms with Gasteiger partial charge in [0.25, 0.3) is 0 Å². The van der Waals surface area contributed by atoms with Crippen LogP contribution in [-0.2, 0) is 4.74 Å². The van der Waals surface area contributed by atoms with Gasteiger partial charge in [0.1, 0.15) is 4.88 Å². The predicted octanol–water partition coefficient (Wildman–Crippen LogP) is 1.83. The van der Waals surface area contributed by atoms with E-state index in [4.69, 9.17) is 16.3 Å². The second-order valence-corrected chi connectivity index (χ2v) is 4.76. The minimum absolute atomic E-state index is 0.195. The van der Waals surface area contributed by atoms with Crippen LogP contribution in [0.15, 0.2) is 0 Å². The Balaban J connectivity index is 2.17. The van der Waals surface area contributed by atoms with Gasteiger partial charge < -0.3 is 9.64 Å². The quantitative estimate of drug-likeness (QED) is 0.747. The standard InChI is InChI=1S/C9H11ClN2O2S/c1-6-4-12(2-3-14-6)9-11-8(10)7(5-13)15-9/h5-6H,2-4H2,1H3/t6-/m0/s1. The Kier molecular flexibility index (Phi) is 3.23. The summed E-state index contributed by atoms with van der Waals surface area (Å²) in [5, 5.41) is 1.10. The van der Waals surface area contributed by atoms with E-state index < -0.39 is 0 Å². The fourth-order valence-electron chi connectivity index (χ4n) is 1.50. The summed E-state index contributed by atoms with van der Waals surface area (Å²) in [6.45, 7) is 4.30. The molecule has 0 spiro atoms. The average molecular weight is 247 g/mol. The molecule has 0 saturated carbocycles. The van der Waals surface area contributed by atoms with Crippen molar-refractivity contribution in [3.8, 4) is 0 Å². The lowest BCUT2D eigenvalue weighted by molar-refractivity contribution is 0.0532. The molecule has 0 N–H and O–H groups in total. The van der Waals surface area contributed by atoms with E-state index in [9.17, 15) is 4.79 Å². The van der Waals surface area contributed by atoms with E-state index in [1.807, 2.05) is 6.92 Å². The zero-order valence-electron chi connectivity index (χ0n) is 8.27. The van der Waals surface area contributed by atoms with E-state index in [-0.39, 0.29) is 6.10 Å². The van der Waals surface area contributed by atoms with Crippen LogP contribution < -0.4 is 4.90 Å². The van der Waals surface area contributed by atoms with Crippen LogP contribution in [0.3, 0.4) is 0 Å². The third-order valence-corrected chi connectivity index (χ3v) is 3.66. The second-order valence-electron chi connectivity index (χ2n) is 3.40. The highest BCUT2D eigenvalue weighted by atomic mass is 35.5. The van der Waals surface area contributed by atoms with Crippen molar-refractivity contribution in [3.63, 3.8) is 0 Å². The SMILES string of the molecule is C[C@H]1CN(c2nc(Cl)c(C=O)s2)CCO1. The average Bonchev–Trinajstić information content (AvgIpc) is 2.60. The molecule has 1 aromatic heterocycles. The first kappa shape index (κ1) is 10.9. The molecule has 1 aliphatic rings. The highest BCUT2D eigenvalue weighted by molar-refractivity contribution is 7.17. The van der Waals surface area contributed by atoms with E-state index in [2.05, 4.69) is 9.88 Å². The Labute approximate surface area is 96.8 Å². The number of rotatable bonds is 2. The van der Waals surface area contributed by atoms with Crippen molar-refractivity contribution in [2.75, 3.05) is 24.6 Å². The van der Waals surface area contributed by atoms with Crippen molar-refractivity contribution in [2.24, 2.45) is 0 Å². The van der Waals surface area contributed by atoms with Crippen molar-refractivity contribution in [2.45, 2.75) is 13.0 Å². The number of carbonyl (C=O) groups excluding carboxylic acids is 1. The van der Waals surface area contributed by atoms with Crippen molar-refractivity contribution in [1.29, 1.82) is 0 Å². The fourth-order valence-corrected chi connectivity index (χ4v) is 2.60. The van der Waals surface area contributed by atoms with Gasteiger partial charge in [-0.15, -0.1) is 0 Å². The van der Waals surface area contributed by atoms with Crippen LogP contribution >= 0.6 is 22.9 Å². The molecule has 0 aliphatic carbocycles. The summed E-state index contributed by atoms with van der Waals surface area (Å²) in [6.07, 6.45) is 0.939. The molecule has 0 aromatic carbocycles. The number of anilines is 1. The van der Waals surface area contributed by atoms with E-state index in [0.717, 1.165) is 24.5 Å². The largest absolute Gasteiger partial charge is 0.375 e. The molecular formula is C9H11ClN2O2S. The minimum atomic E-state index is 0.195. The van der Waals surface area contributed by atoms with Crippen LogP contribution in [0.1, 0.15) is 16.6 Å². The number of carbonyl (C=O) groups is 1. The first-order chi connectivity index (χ1) is 7.20. The van der Waals surface area contributed by atoms with Crippen LogP contribution in [0.5, 0.6) is 0 Å². The number of aldehydes is 1. The second kappa shape index (κ2) is 4.47. The lowest BCUT2D eigenvalue weighted by Gasteiger charge is -2.30. The molecule has 1 aliphatic heterocycles. The molecule has 6 heteroatoms. The molecule has 0 amide bonds. The summed E-state index contributed by atoms with van der Waals surface area (Å²) in [4.78, 5) is 17.4. The molecule has 1 fully saturated rings. The number of hydrogen-bond donors (Lipinski definition) is 0. The third-order valence-electron chi connectivity index (χ3n) is 2.22. The molecule has 4 nitrogen and oxygen atoms in total. The van der Waals surface area contributed by atoms with E-state index in [1.54, 1.807) is 0 Å². The molecule has 0 bridgehead atoms. The number of nitrogens with zero attached hydrogens (tertiary/aromatic N) is 2. The van der Waals surface area contributed by atoms with Gasteiger partial charge in [0, 0.05) is 13.1 Å². The summed E-state index contributed by atoms with van der Waals surface area (Å²) >= 11 is 7.14. The molecule has 1 saturated heterocycles. The third kappa shape index (κ3) is 2.30. The molecule has 2 heterocycles. The van der Waals surface area contributed by atoms with Crippen molar-refractivity contribution < 1.29 is 9.53 Å². The minimum Gasteiger partial charge on any atom is -0.375 e. The molecule has 0 radical (unpaired) electrons. The number of morpholine rings is 1. The van der Waals surface area contributed by atoms with Gasteiger partial charge in [-0.1, -0.05) is 22.9 Å². The molecule has 1 atom stereocenters. The maximum Gasteiger partial charge on any atom is 0.187 e. The summed E-state index contributed by atoms with van der Waals surface area (Å²) in [5.41, 5.74) is 0. The summed E-state index contributed by atoms with van der Waals surface area (Å²) in [6, 6.07) is 0. The monoisotopic (exact) mass is 246 g/mol. The van der Waals surface area contributed by atoms with Crippen LogP contribution in [0, 0.1) is 0 Å². The van der Waals surface area contributed by atoms with Crippen LogP contribution in [0.4, 0.5) is 5.13 Å². The van der Waals surface area contributed by atoms with Gasteiger partial charge in [-0.3, -0.25) is 4.79 Å². The molecular weight excluding hydrogens is 236 g/mol. The first-order valence-electron chi connectivity index (χ1n) is 4.68. The fraction of sp³-hybridized carbons (Fsp3) is 0.556.